The van der Waals surface area contributed by atoms with Crippen LogP contribution in [0.15, 0.2) is 82.9 Å². The number of rotatable bonds is 6. The monoisotopic (exact) mass is 381 g/mol. The number of nitrogens with zero attached hydrogens (tertiary/aromatic N) is 1. The maximum Gasteiger partial charge on any atom is 0.262 e. The molecule has 0 saturated heterocycles. The number of H-pyrrole nitrogens is 1. The van der Waals surface area contributed by atoms with Crippen LogP contribution in [-0.2, 0) is 11.2 Å². The van der Waals surface area contributed by atoms with Crippen molar-refractivity contribution in [3.63, 3.8) is 0 Å². The standard InChI is InChI=1S/C24H19N3O2/c25-15-19(14-20-10-11-23(29-20)17-6-2-1-3-7-17)24(28)26-13-12-18-16-27-22-9-5-4-8-21(18)22/h1-11,14,16,27H,12-13H2,(H,26,28)/b19-14-. The van der Waals surface area contributed by atoms with Gasteiger partial charge in [0.05, 0.1) is 0 Å². The highest BCUT2D eigenvalue weighted by Crippen LogP contribution is 2.23. The lowest BCUT2D eigenvalue weighted by atomic mass is 10.1. The second kappa shape index (κ2) is 8.32. The number of para-hydroxylation sites is 1. The molecular weight excluding hydrogens is 362 g/mol. The lowest BCUT2D eigenvalue weighted by Gasteiger charge is -2.03. The topological polar surface area (TPSA) is 81.8 Å². The molecule has 0 fully saturated rings. The molecule has 0 atom stereocenters. The van der Waals surface area contributed by atoms with E-state index in [9.17, 15) is 10.1 Å². The highest BCUT2D eigenvalue weighted by Gasteiger charge is 2.11. The third-order valence-corrected chi connectivity index (χ3v) is 4.69. The van der Waals surface area contributed by atoms with Crippen LogP contribution in [0.1, 0.15) is 11.3 Å². The van der Waals surface area contributed by atoms with Gasteiger partial charge in [0, 0.05) is 35.3 Å². The van der Waals surface area contributed by atoms with Crippen LogP contribution in [0.5, 0.6) is 0 Å². The first kappa shape index (κ1) is 18.3. The van der Waals surface area contributed by atoms with Crippen molar-refractivity contribution in [1.82, 2.24) is 10.3 Å². The summed E-state index contributed by atoms with van der Waals surface area (Å²) in [6, 6.07) is 23.2. The van der Waals surface area contributed by atoms with Crippen molar-refractivity contribution in [1.29, 1.82) is 5.26 Å². The number of hydrogen-bond acceptors (Lipinski definition) is 3. The van der Waals surface area contributed by atoms with Crippen molar-refractivity contribution < 1.29 is 9.21 Å². The second-order valence-electron chi connectivity index (χ2n) is 6.60. The minimum atomic E-state index is -0.412. The normalized spacial score (nSPS) is 11.3. The Balaban J connectivity index is 1.40. The molecule has 0 spiro atoms. The molecule has 2 aromatic carbocycles. The van der Waals surface area contributed by atoms with Crippen LogP contribution >= 0.6 is 0 Å². The molecule has 5 heteroatoms. The molecule has 29 heavy (non-hydrogen) atoms. The van der Waals surface area contributed by atoms with Crippen LogP contribution in [0.2, 0.25) is 0 Å². The summed E-state index contributed by atoms with van der Waals surface area (Å²) >= 11 is 0. The number of carbonyl (C=O) groups is 1. The predicted octanol–water partition coefficient (Wildman–Crippen LogP) is 4.69. The molecule has 0 unspecified atom stereocenters. The molecule has 0 aliphatic heterocycles. The van der Waals surface area contributed by atoms with Gasteiger partial charge in [0.25, 0.3) is 5.91 Å². The van der Waals surface area contributed by atoms with Gasteiger partial charge in [0.2, 0.25) is 0 Å². The molecule has 0 saturated carbocycles. The van der Waals surface area contributed by atoms with Crippen molar-refractivity contribution in [2.24, 2.45) is 0 Å². The van der Waals surface area contributed by atoms with E-state index in [1.807, 2.05) is 72.9 Å². The van der Waals surface area contributed by atoms with Gasteiger partial charge in [-0.25, -0.2) is 0 Å². The van der Waals surface area contributed by atoms with Crippen LogP contribution in [0, 0.1) is 11.3 Å². The highest BCUT2D eigenvalue weighted by molar-refractivity contribution is 6.01. The van der Waals surface area contributed by atoms with Gasteiger partial charge in [-0.2, -0.15) is 5.26 Å². The summed E-state index contributed by atoms with van der Waals surface area (Å²) < 4.78 is 5.75. The number of amides is 1. The van der Waals surface area contributed by atoms with Gasteiger partial charge in [-0.15, -0.1) is 0 Å². The summed E-state index contributed by atoms with van der Waals surface area (Å²) in [5, 5.41) is 13.3. The molecular formula is C24H19N3O2. The van der Waals surface area contributed by atoms with E-state index in [1.165, 1.54) is 6.08 Å². The number of fused-ring (bicyclic) bond motifs is 1. The van der Waals surface area contributed by atoms with E-state index in [2.05, 4.69) is 10.3 Å². The average Bonchev–Trinajstić information content (AvgIpc) is 3.40. The zero-order chi connectivity index (χ0) is 20.1. The van der Waals surface area contributed by atoms with Crippen molar-refractivity contribution in [2.45, 2.75) is 6.42 Å². The lowest BCUT2D eigenvalue weighted by molar-refractivity contribution is -0.117. The van der Waals surface area contributed by atoms with Crippen molar-refractivity contribution in [3.05, 3.63) is 89.8 Å². The predicted molar refractivity (Wildman–Crippen MR) is 113 cm³/mol. The summed E-state index contributed by atoms with van der Waals surface area (Å²) in [5.41, 5.74) is 3.15. The fourth-order valence-electron chi connectivity index (χ4n) is 3.22. The Bertz CT molecular complexity index is 1210. The highest BCUT2D eigenvalue weighted by atomic mass is 16.3. The Hall–Kier alpha value is -4.04. The second-order valence-corrected chi connectivity index (χ2v) is 6.60. The number of aromatic nitrogens is 1. The third-order valence-electron chi connectivity index (χ3n) is 4.69. The van der Waals surface area contributed by atoms with Crippen molar-refractivity contribution in [2.75, 3.05) is 6.54 Å². The Morgan fingerprint density at radius 3 is 2.69 bits per heavy atom. The molecule has 0 radical (unpaired) electrons. The third kappa shape index (κ3) is 4.12. The van der Waals surface area contributed by atoms with E-state index in [0.29, 0.717) is 24.5 Å². The van der Waals surface area contributed by atoms with Crippen LogP contribution in [0.25, 0.3) is 28.3 Å². The first-order valence-corrected chi connectivity index (χ1v) is 9.35. The zero-order valence-corrected chi connectivity index (χ0v) is 15.7. The molecule has 5 nitrogen and oxygen atoms in total. The van der Waals surface area contributed by atoms with E-state index in [4.69, 9.17) is 4.42 Å². The summed E-state index contributed by atoms with van der Waals surface area (Å²) in [6.45, 7) is 0.438. The van der Waals surface area contributed by atoms with E-state index in [0.717, 1.165) is 22.0 Å². The summed E-state index contributed by atoms with van der Waals surface area (Å²) in [6.07, 6.45) is 4.09. The average molecular weight is 381 g/mol. The van der Waals surface area contributed by atoms with E-state index in [1.54, 1.807) is 6.07 Å². The quantitative estimate of drug-likeness (QED) is 0.375. The van der Waals surface area contributed by atoms with Gasteiger partial charge >= 0.3 is 0 Å². The first-order chi connectivity index (χ1) is 14.2. The number of nitriles is 1. The largest absolute Gasteiger partial charge is 0.457 e. The molecule has 2 N–H and O–H groups in total. The van der Waals surface area contributed by atoms with E-state index >= 15 is 0 Å². The zero-order valence-electron chi connectivity index (χ0n) is 15.7. The Labute approximate surface area is 168 Å². The first-order valence-electron chi connectivity index (χ1n) is 9.35. The van der Waals surface area contributed by atoms with Gasteiger partial charge in [0.15, 0.2) is 0 Å². The number of carbonyl (C=O) groups excluding carboxylic acids is 1. The molecule has 0 aliphatic rings. The summed E-state index contributed by atoms with van der Waals surface area (Å²) in [7, 11) is 0. The fourth-order valence-corrected chi connectivity index (χ4v) is 3.22. The Kier molecular flexibility index (Phi) is 5.26. The number of furan rings is 1. The van der Waals surface area contributed by atoms with Gasteiger partial charge in [0.1, 0.15) is 23.2 Å². The van der Waals surface area contributed by atoms with Crippen molar-refractivity contribution >= 4 is 22.9 Å². The van der Waals surface area contributed by atoms with Gasteiger partial charge in [-0.1, -0.05) is 48.5 Å². The number of aromatic amines is 1. The lowest BCUT2D eigenvalue weighted by Crippen LogP contribution is -2.26. The molecule has 2 heterocycles. The van der Waals surface area contributed by atoms with E-state index < -0.39 is 5.91 Å². The smallest absolute Gasteiger partial charge is 0.262 e. The van der Waals surface area contributed by atoms with E-state index in [-0.39, 0.29) is 5.57 Å². The Morgan fingerprint density at radius 2 is 1.86 bits per heavy atom. The van der Waals surface area contributed by atoms with Crippen LogP contribution in [-0.4, -0.2) is 17.4 Å². The minimum Gasteiger partial charge on any atom is -0.457 e. The van der Waals surface area contributed by atoms with Crippen LogP contribution < -0.4 is 5.32 Å². The Morgan fingerprint density at radius 1 is 1.07 bits per heavy atom. The van der Waals surface area contributed by atoms with Crippen molar-refractivity contribution in [3.8, 4) is 17.4 Å². The summed E-state index contributed by atoms with van der Waals surface area (Å²) in [5.74, 6) is 0.742. The van der Waals surface area contributed by atoms with Crippen LogP contribution in [0.4, 0.5) is 0 Å². The molecule has 4 aromatic rings. The van der Waals surface area contributed by atoms with Gasteiger partial charge < -0.3 is 14.7 Å². The molecule has 1 amide bonds. The summed E-state index contributed by atoms with van der Waals surface area (Å²) in [4.78, 5) is 15.6. The number of hydrogen-bond donors (Lipinski definition) is 2. The fraction of sp³-hybridized carbons (Fsp3) is 0.0833. The van der Waals surface area contributed by atoms with Gasteiger partial charge in [-0.05, 0) is 30.2 Å². The molecule has 4 rings (SSSR count). The maximum atomic E-state index is 12.4. The molecule has 2 aromatic heterocycles. The van der Waals surface area contributed by atoms with Gasteiger partial charge in [-0.3, -0.25) is 4.79 Å². The minimum absolute atomic E-state index is 0.0119. The SMILES string of the molecule is N#C/C(=C/c1ccc(-c2ccccc2)o1)C(=O)NCCc1c[nH]c2ccccc12. The van der Waals surface area contributed by atoms with Crippen LogP contribution in [0.3, 0.4) is 0 Å². The number of nitrogens with one attached hydrogen (secondary N) is 2. The maximum absolute atomic E-state index is 12.4. The molecule has 142 valence electrons. The molecule has 0 bridgehead atoms. The number of benzene rings is 2. The molecule has 0 aliphatic carbocycles.